The zero-order valence-corrected chi connectivity index (χ0v) is 19.5. The summed E-state index contributed by atoms with van der Waals surface area (Å²) in [6.07, 6.45) is 9.34. The predicted octanol–water partition coefficient (Wildman–Crippen LogP) is 2.96. The van der Waals surface area contributed by atoms with E-state index >= 15 is 0 Å². The van der Waals surface area contributed by atoms with Gasteiger partial charge in [0.15, 0.2) is 6.61 Å². The Labute approximate surface area is 190 Å². The van der Waals surface area contributed by atoms with Crippen LogP contribution in [0.1, 0.15) is 63.4 Å². The topological polar surface area (TPSA) is 105 Å². The van der Waals surface area contributed by atoms with Gasteiger partial charge in [-0.3, -0.25) is 9.59 Å². The van der Waals surface area contributed by atoms with Crippen molar-refractivity contribution in [2.45, 2.75) is 75.6 Å². The minimum absolute atomic E-state index is 0.0244. The number of hydrogen-bond donors (Lipinski definition) is 2. The zero-order chi connectivity index (χ0) is 22.7. The molecule has 1 saturated heterocycles. The Morgan fingerprint density at radius 1 is 1.09 bits per heavy atom. The third-order valence-electron chi connectivity index (χ3n) is 6.73. The monoisotopic (exact) mass is 463 g/mol. The SMILES string of the molecule is Cc1cc2c(cc1S(=O)(=O)N1CCC[C@@H](C(=O)NC3CCCCCCC3)C1)OCC(=O)N2. The molecule has 1 aromatic carbocycles. The lowest BCUT2D eigenvalue weighted by atomic mass is 9.94. The summed E-state index contributed by atoms with van der Waals surface area (Å²) in [5.74, 6) is -0.271. The zero-order valence-electron chi connectivity index (χ0n) is 18.7. The highest BCUT2D eigenvalue weighted by molar-refractivity contribution is 7.89. The Kier molecular flexibility index (Phi) is 7.05. The summed E-state index contributed by atoms with van der Waals surface area (Å²) in [7, 11) is -3.79. The van der Waals surface area contributed by atoms with Crippen LogP contribution in [0, 0.1) is 12.8 Å². The number of anilines is 1. The molecular formula is C23H33N3O5S. The Balaban J connectivity index is 1.46. The quantitative estimate of drug-likeness (QED) is 0.714. The van der Waals surface area contributed by atoms with E-state index in [1.165, 1.54) is 29.6 Å². The second-order valence-electron chi connectivity index (χ2n) is 9.20. The van der Waals surface area contributed by atoms with Crippen LogP contribution >= 0.6 is 0 Å². The minimum Gasteiger partial charge on any atom is -0.482 e. The number of aryl methyl sites for hydroxylation is 1. The van der Waals surface area contributed by atoms with E-state index in [1.54, 1.807) is 13.0 Å². The first-order valence-electron chi connectivity index (χ1n) is 11.7. The number of rotatable bonds is 4. The molecule has 9 heteroatoms. The Bertz CT molecular complexity index is 970. The average molecular weight is 464 g/mol. The third-order valence-corrected chi connectivity index (χ3v) is 8.74. The van der Waals surface area contributed by atoms with Crippen molar-refractivity contribution >= 4 is 27.5 Å². The van der Waals surface area contributed by atoms with Crippen molar-refractivity contribution in [2.24, 2.45) is 5.92 Å². The molecule has 1 aliphatic carbocycles. The summed E-state index contributed by atoms with van der Waals surface area (Å²) in [5, 5.41) is 5.91. The minimum atomic E-state index is -3.79. The molecule has 2 amide bonds. The highest BCUT2D eigenvalue weighted by atomic mass is 32.2. The highest BCUT2D eigenvalue weighted by Crippen LogP contribution is 2.35. The van der Waals surface area contributed by atoms with Gasteiger partial charge in [0.25, 0.3) is 5.91 Å². The van der Waals surface area contributed by atoms with E-state index < -0.39 is 10.0 Å². The number of fused-ring (bicyclic) bond motifs is 1. The number of nitrogens with zero attached hydrogens (tertiary/aromatic N) is 1. The van der Waals surface area contributed by atoms with Crippen LogP contribution in [0.2, 0.25) is 0 Å². The van der Waals surface area contributed by atoms with E-state index in [-0.39, 0.29) is 41.8 Å². The summed E-state index contributed by atoms with van der Waals surface area (Å²) >= 11 is 0. The Morgan fingerprint density at radius 2 is 1.81 bits per heavy atom. The van der Waals surface area contributed by atoms with Gasteiger partial charge in [-0.1, -0.05) is 32.1 Å². The van der Waals surface area contributed by atoms with Crippen LogP contribution < -0.4 is 15.4 Å². The summed E-state index contributed by atoms with van der Waals surface area (Å²) in [5.41, 5.74) is 1.02. The maximum Gasteiger partial charge on any atom is 0.262 e. The van der Waals surface area contributed by atoms with Crippen LogP contribution in [0.3, 0.4) is 0 Å². The summed E-state index contributed by atoms with van der Waals surface area (Å²) in [6.45, 7) is 2.15. The lowest BCUT2D eigenvalue weighted by Crippen LogP contribution is -2.47. The third kappa shape index (κ3) is 5.09. The van der Waals surface area contributed by atoms with Gasteiger partial charge in [0.1, 0.15) is 5.75 Å². The maximum atomic E-state index is 13.5. The molecule has 32 heavy (non-hydrogen) atoms. The summed E-state index contributed by atoms with van der Waals surface area (Å²) in [6, 6.07) is 3.31. The second-order valence-corrected chi connectivity index (χ2v) is 11.1. The molecule has 2 N–H and O–H groups in total. The predicted molar refractivity (Wildman–Crippen MR) is 121 cm³/mol. The molecule has 0 aromatic heterocycles. The van der Waals surface area contributed by atoms with Gasteiger partial charge in [0.2, 0.25) is 15.9 Å². The second kappa shape index (κ2) is 9.79. The van der Waals surface area contributed by atoms with Crippen molar-refractivity contribution in [1.82, 2.24) is 9.62 Å². The standard InChI is InChI=1S/C23H33N3O5S/c1-16-12-19-20(31-15-22(27)25-19)13-21(16)32(29,30)26-11-7-8-17(14-26)23(28)24-18-9-5-3-2-4-6-10-18/h12-13,17-18H,2-11,14-15H2,1H3,(H,24,28)(H,25,27)/t17-/m1/s1. The summed E-state index contributed by atoms with van der Waals surface area (Å²) < 4.78 is 33.7. The van der Waals surface area contributed by atoms with Gasteiger partial charge in [-0.2, -0.15) is 4.31 Å². The van der Waals surface area contributed by atoms with Crippen LogP contribution in [0.5, 0.6) is 5.75 Å². The van der Waals surface area contributed by atoms with Crippen molar-refractivity contribution in [3.05, 3.63) is 17.7 Å². The number of benzene rings is 1. The van der Waals surface area contributed by atoms with Crippen molar-refractivity contribution in [2.75, 3.05) is 25.0 Å². The van der Waals surface area contributed by atoms with Crippen LogP contribution in [0.4, 0.5) is 5.69 Å². The molecule has 3 aliphatic rings. The maximum absolute atomic E-state index is 13.5. The number of piperidine rings is 1. The first-order valence-corrected chi connectivity index (χ1v) is 13.2. The molecule has 4 rings (SSSR count). The molecule has 176 valence electrons. The van der Waals surface area contributed by atoms with Gasteiger partial charge < -0.3 is 15.4 Å². The molecule has 0 bridgehead atoms. The smallest absolute Gasteiger partial charge is 0.262 e. The average Bonchev–Trinajstić information content (AvgIpc) is 2.75. The van der Waals surface area contributed by atoms with Crippen molar-refractivity contribution in [3.63, 3.8) is 0 Å². The molecule has 1 atom stereocenters. The molecule has 2 heterocycles. The van der Waals surface area contributed by atoms with Gasteiger partial charge in [0, 0.05) is 25.2 Å². The number of amides is 2. The van der Waals surface area contributed by atoms with E-state index in [4.69, 9.17) is 4.74 Å². The molecule has 1 saturated carbocycles. The van der Waals surface area contributed by atoms with Crippen molar-refractivity contribution < 1.29 is 22.7 Å². The first kappa shape index (κ1) is 23.0. The van der Waals surface area contributed by atoms with Crippen LogP contribution in [0.25, 0.3) is 0 Å². The van der Waals surface area contributed by atoms with E-state index in [0.29, 0.717) is 36.4 Å². The van der Waals surface area contributed by atoms with E-state index in [1.807, 2.05) is 0 Å². The van der Waals surface area contributed by atoms with Crippen molar-refractivity contribution in [1.29, 1.82) is 0 Å². The van der Waals surface area contributed by atoms with Gasteiger partial charge >= 0.3 is 0 Å². The molecule has 1 aromatic rings. The van der Waals surface area contributed by atoms with Crippen LogP contribution in [0.15, 0.2) is 17.0 Å². The van der Waals surface area contributed by atoms with Crippen LogP contribution in [-0.2, 0) is 19.6 Å². The summed E-state index contributed by atoms with van der Waals surface area (Å²) in [4.78, 5) is 24.7. The molecular weight excluding hydrogens is 430 g/mol. The number of carbonyl (C=O) groups excluding carboxylic acids is 2. The van der Waals surface area contributed by atoms with Gasteiger partial charge in [-0.25, -0.2) is 8.42 Å². The largest absolute Gasteiger partial charge is 0.482 e. The molecule has 0 radical (unpaired) electrons. The Hall–Kier alpha value is -2.13. The van der Waals surface area contributed by atoms with Gasteiger partial charge in [-0.15, -0.1) is 0 Å². The number of sulfonamides is 1. The van der Waals surface area contributed by atoms with Crippen LogP contribution in [-0.4, -0.2) is 50.3 Å². The van der Waals surface area contributed by atoms with E-state index in [0.717, 1.165) is 25.7 Å². The Morgan fingerprint density at radius 3 is 2.56 bits per heavy atom. The fraction of sp³-hybridized carbons (Fsp3) is 0.652. The molecule has 8 nitrogen and oxygen atoms in total. The lowest BCUT2D eigenvalue weighted by Gasteiger charge is -2.33. The number of ether oxygens (including phenoxy) is 1. The van der Waals surface area contributed by atoms with Gasteiger partial charge in [-0.05, 0) is 44.2 Å². The molecule has 0 spiro atoms. The van der Waals surface area contributed by atoms with E-state index in [9.17, 15) is 18.0 Å². The number of carbonyl (C=O) groups is 2. The first-order chi connectivity index (χ1) is 15.3. The molecule has 0 unspecified atom stereocenters. The number of hydrogen-bond acceptors (Lipinski definition) is 5. The molecule has 2 fully saturated rings. The number of nitrogens with one attached hydrogen (secondary N) is 2. The molecule has 2 aliphatic heterocycles. The highest BCUT2D eigenvalue weighted by Gasteiger charge is 2.35. The lowest BCUT2D eigenvalue weighted by molar-refractivity contribution is -0.127. The normalized spacial score (nSPS) is 23.3. The van der Waals surface area contributed by atoms with E-state index in [2.05, 4.69) is 10.6 Å². The van der Waals surface area contributed by atoms with Crippen molar-refractivity contribution in [3.8, 4) is 5.75 Å². The fourth-order valence-electron chi connectivity index (χ4n) is 4.93. The van der Waals surface area contributed by atoms with Gasteiger partial charge in [0.05, 0.1) is 16.5 Å². The fourth-order valence-corrected chi connectivity index (χ4v) is 6.67.